The molecule has 1 fully saturated rings. The van der Waals surface area contributed by atoms with E-state index >= 15 is 0 Å². The lowest BCUT2D eigenvalue weighted by Crippen LogP contribution is -2.30. The lowest BCUT2D eigenvalue weighted by molar-refractivity contribution is 0.0875. The van der Waals surface area contributed by atoms with Gasteiger partial charge >= 0.3 is 0 Å². The number of rotatable bonds is 2. The lowest BCUT2D eigenvalue weighted by Gasteiger charge is -2.24. The van der Waals surface area contributed by atoms with Gasteiger partial charge in [-0.15, -0.1) is 0 Å². The second kappa shape index (κ2) is 5.15. The van der Waals surface area contributed by atoms with Gasteiger partial charge in [-0.1, -0.05) is 11.6 Å². The van der Waals surface area contributed by atoms with Crippen molar-refractivity contribution in [2.75, 3.05) is 18.5 Å². The highest BCUT2D eigenvalue weighted by Gasteiger charge is 2.16. The van der Waals surface area contributed by atoms with Crippen molar-refractivity contribution in [3.63, 3.8) is 0 Å². The molecule has 2 heterocycles. The largest absolute Gasteiger partial charge is 0.379 e. The highest BCUT2D eigenvalue weighted by atomic mass is 35.5. The Kier molecular flexibility index (Phi) is 3.60. The molecule has 1 aliphatic rings. The summed E-state index contributed by atoms with van der Waals surface area (Å²) in [6.07, 6.45) is 3.65. The van der Waals surface area contributed by atoms with Gasteiger partial charge in [0.25, 0.3) is 0 Å². The van der Waals surface area contributed by atoms with E-state index < -0.39 is 0 Å². The standard InChI is InChI=1S/C11H12ClN3O/c12-10-8(6-13)3-4-14-11(10)15-9-2-1-5-16-7-9/h3-4,9H,1-2,5,7H2,(H,14,15). The van der Waals surface area contributed by atoms with E-state index in [1.165, 1.54) is 0 Å². The maximum absolute atomic E-state index is 8.83. The van der Waals surface area contributed by atoms with Gasteiger partial charge in [0.05, 0.1) is 18.2 Å². The van der Waals surface area contributed by atoms with Crippen LogP contribution >= 0.6 is 11.6 Å². The molecule has 1 unspecified atom stereocenters. The normalized spacial score (nSPS) is 20.1. The predicted molar refractivity (Wildman–Crippen MR) is 61.4 cm³/mol. The Bertz CT molecular complexity index is 410. The summed E-state index contributed by atoms with van der Waals surface area (Å²) in [6.45, 7) is 1.48. The van der Waals surface area contributed by atoms with Crippen molar-refractivity contribution in [1.82, 2.24) is 4.98 Å². The van der Waals surface area contributed by atoms with E-state index in [1.807, 2.05) is 6.07 Å². The maximum atomic E-state index is 8.83. The first-order valence-corrected chi connectivity index (χ1v) is 5.58. The van der Waals surface area contributed by atoms with Gasteiger partial charge in [0.15, 0.2) is 0 Å². The molecule has 5 heteroatoms. The molecule has 1 atom stereocenters. The van der Waals surface area contributed by atoms with Crippen LogP contribution in [0, 0.1) is 11.3 Å². The molecule has 16 heavy (non-hydrogen) atoms. The quantitative estimate of drug-likeness (QED) is 0.857. The fourth-order valence-electron chi connectivity index (χ4n) is 1.68. The van der Waals surface area contributed by atoms with Crippen LogP contribution in [0.1, 0.15) is 18.4 Å². The van der Waals surface area contributed by atoms with Gasteiger partial charge in [-0.05, 0) is 18.9 Å². The van der Waals surface area contributed by atoms with Gasteiger partial charge in [0.2, 0.25) is 0 Å². The Labute approximate surface area is 99.2 Å². The molecule has 1 aromatic rings. The molecule has 0 aromatic carbocycles. The molecule has 2 rings (SSSR count). The molecular weight excluding hydrogens is 226 g/mol. The van der Waals surface area contributed by atoms with Gasteiger partial charge in [-0.25, -0.2) is 4.98 Å². The first-order valence-electron chi connectivity index (χ1n) is 5.20. The van der Waals surface area contributed by atoms with Crippen LogP contribution in [-0.2, 0) is 4.74 Å². The molecule has 1 aromatic heterocycles. The van der Waals surface area contributed by atoms with Crippen LogP contribution in [0.4, 0.5) is 5.82 Å². The Balaban J connectivity index is 2.12. The zero-order valence-electron chi connectivity index (χ0n) is 8.74. The van der Waals surface area contributed by atoms with Crippen LogP contribution in [0.5, 0.6) is 0 Å². The molecule has 1 saturated heterocycles. The minimum Gasteiger partial charge on any atom is -0.379 e. The Morgan fingerprint density at radius 3 is 3.19 bits per heavy atom. The second-order valence-corrected chi connectivity index (χ2v) is 4.07. The van der Waals surface area contributed by atoms with Crippen molar-refractivity contribution in [2.24, 2.45) is 0 Å². The summed E-state index contributed by atoms with van der Waals surface area (Å²) in [4.78, 5) is 4.13. The first-order chi connectivity index (χ1) is 7.81. The van der Waals surface area contributed by atoms with Crippen molar-refractivity contribution < 1.29 is 4.74 Å². The molecule has 4 nitrogen and oxygen atoms in total. The number of pyridine rings is 1. The second-order valence-electron chi connectivity index (χ2n) is 3.69. The van der Waals surface area contributed by atoms with Crippen molar-refractivity contribution in [3.05, 3.63) is 22.8 Å². The topological polar surface area (TPSA) is 57.9 Å². The van der Waals surface area contributed by atoms with E-state index in [9.17, 15) is 0 Å². The van der Waals surface area contributed by atoms with E-state index in [-0.39, 0.29) is 6.04 Å². The molecule has 0 radical (unpaired) electrons. The van der Waals surface area contributed by atoms with Crippen molar-refractivity contribution >= 4 is 17.4 Å². The summed E-state index contributed by atoms with van der Waals surface area (Å²) in [5.74, 6) is 0.566. The van der Waals surface area contributed by atoms with Crippen molar-refractivity contribution in [2.45, 2.75) is 18.9 Å². The number of hydrogen-bond acceptors (Lipinski definition) is 4. The Morgan fingerprint density at radius 1 is 1.62 bits per heavy atom. The molecule has 0 spiro atoms. The van der Waals surface area contributed by atoms with Crippen molar-refractivity contribution in [1.29, 1.82) is 5.26 Å². The minimum absolute atomic E-state index is 0.229. The van der Waals surface area contributed by atoms with Gasteiger partial charge in [-0.3, -0.25) is 0 Å². The van der Waals surface area contributed by atoms with E-state index in [2.05, 4.69) is 10.3 Å². The zero-order chi connectivity index (χ0) is 11.4. The molecule has 0 amide bonds. The van der Waals surface area contributed by atoms with E-state index in [0.29, 0.717) is 23.0 Å². The molecule has 1 N–H and O–H groups in total. The lowest BCUT2D eigenvalue weighted by atomic mass is 10.1. The summed E-state index contributed by atoms with van der Waals surface area (Å²) in [6, 6.07) is 3.86. The number of nitrogens with one attached hydrogen (secondary N) is 1. The average Bonchev–Trinajstić information content (AvgIpc) is 2.33. The van der Waals surface area contributed by atoms with Crippen LogP contribution in [-0.4, -0.2) is 24.2 Å². The smallest absolute Gasteiger partial charge is 0.146 e. The molecule has 1 aliphatic heterocycles. The van der Waals surface area contributed by atoms with Gasteiger partial charge in [0, 0.05) is 12.8 Å². The number of ether oxygens (including phenoxy) is 1. The zero-order valence-corrected chi connectivity index (χ0v) is 9.50. The maximum Gasteiger partial charge on any atom is 0.146 e. The summed E-state index contributed by atoms with van der Waals surface area (Å²) >= 11 is 6.04. The third-order valence-corrected chi connectivity index (χ3v) is 2.89. The van der Waals surface area contributed by atoms with Gasteiger partial charge in [-0.2, -0.15) is 5.26 Å². The summed E-state index contributed by atoms with van der Waals surface area (Å²) in [7, 11) is 0. The molecule has 0 saturated carbocycles. The Hall–Kier alpha value is -1.31. The number of nitrogens with zero attached hydrogens (tertiary/aromatic N) is 2. The Morgan fingerprint density at radius 2 is 2.50 bits per heavy atom. The van der Waals surface area contributed by atoms with Crippen LogP contribution < -0.4 is 5.32 Å². The third kappa shape index (κ3) is 2.43. The fraction of sp³-hybridized carbons (Fsp3) is 0.455. The summed E-state index contributed by atoms with van der Waals surface area (Å²) in [5.41, 5.74) is 0.441. The summed E-state index contributed by atoms with van der Waals surface area (Å²) in [5, 5.41) is 12.4. The number of nitriles is 1. The highest BCUT2D eigenvalue weighted by molar-refractivity contribution is 6.34. The summed E-state index contributed by atoms with van der Waals surface area (Å²) < 4.78 is 5.35. The van der Waals surface area contributed by atoms with Crippen molar-refractivity contribution in [3.8, 4) is 6.07 Å². The third-order valence-electron chi connectivity index (χ3n) is 2.51. The van der Waals surface area contributed by atoms with Crippen LogP contribution in [0.25, 0.3) is 0 Å². The van der Waals surface area contributed by atoms with E-state index in [1.54, 1.807) is 12.3 Å². The van der Waals surface area contributed by atoms with Crippen LogP contribution in [0.2, 0.25) is 5.02 Å². The minimum atomic E-state index is 0.229. The number of halogens is 1. The number of hydrogen-bond donors (Lipinski definition) is 1. The molecule has 0 aliphatic carbocycles. The fourth-order valence-corrected chi connectivity index (χ4v) is 1.89. The molecular formula is C11H12ClN3O. The molecule has 0 bridgehead atoms. The predicted octanol–water partition coefficient (Wildman–Crippen LogP) is 2.20. The van der Waals surface area contributed by atoms with E-state index in [4.69, 9.17) is 21.6 Å². The monoisotopic (exact) mass is 237 g/mol. The van der Waals surface area contributed by atoms with Crippen LogP contribution in [0.15, 0.2) is 12.3 Å². The highest BCUT2D eigenvalue weighted by Crippen LogP contribution is 2.24. The molecule has 84 valence electrons. The van der Waals surface area contributed by atoms with E-state index in [0.717, 1.165) is 19.4 Å². The SMILES string of the molecule is N#Cc1ccnc(NC2CCCOC2)c1Cl. The average molecular weight is 238 g/mol. The van der Waals surface area contributed by atoms with Gasteiger partial charge < -0.3 is 10.1 Å². The number of anilines is 1. The number of aromatic nitrogens is 1. The first kappa shape index (κ1) is 11.2. The van der Waals surface area contributed by atoms with Gasteiger partial charge in [0.1, 0.15) is 16.9 Å². The van der Waals surface area contributed by atoms with Crippen LogP contribution in [0.3, 0.4) is 0 Å².